The van der Waals surface area contributed by atoms with E-state index in [1.165, 1.54) is 0 Å². The van der Waals surface area contributed by atoms with Gasteiger partial charge in [-0.25, -0.2) is 4.79 Å². The molecule has 5 heteroatoms. The van der Waals surface area contributed by atoms with Crippen LogP contribution in [0.3, 0.4) is 0 Å². The molecule has 3 rings (SSSR count). The average Bonchev–Trinajstić information content (AvgIpc) is 2.58. The summed E-state index contributed by atoms with van der Waals surface area (Å²) in [6, 6.07) is 10.0. The Balaban J connectivity index is 1.81. The van der Waals surface area contributed by atoms with Gasteiger partial charge in [-0.2, -0.15) is 0 Å². The van der Waals surface area contributed by atoms with Gasteiger partial charge in [-0.05, 0) is 39.7 Å². The second-order valence-corrected chi connectivity index (χ2v) is 8.76. The van der Waals surface area contributed by atoms with Gasteiger partial charge in [0.15, 0.2) is 0 Å². The zero-order chi connectivity index (χ0) is 18.9. The van der Waals surface area contributed by atoms with E-state index in [-0.39, 0.29) is 29.1 Å². The Bertz CT molecular complexity index is 660. The lowest BCUT2D eigenvalue weighted by Crippen LogP contribution is -2.54. The van der Waals surface area contributed by atoms with Gasteiger partial charge < -0.3 is 14.4 Å². The van der Waals surface area contributed by atoms with Crippen molar-refractivity contribution in [2.24, 2.45) is 11.3 Å². The summed E-state index contributed by atoms with van der Waals surface area (Å²) in [5, 5.41) is 0. The maximum atomic E-state index is 13.2. The van der Waals surface area contributed by atoms with Crippen molar-refractivity contribution in [1.82, 2.24) is 4.90 Å². The number of Topliss-reactive ketones (excluding diaryl/α,β-unsaturated/α-hetero) is 1. The largest absolute Gasteiger partial charge is 0.444 e. The summed E-state index contributed by atoms with van der Waals surface area (Å²) in [4.78, 5) is 27.4. The van der Waals surface area contributed by atoms with Crippen molar-refractivity contribution in [3.05, 3.63) is 35.9 Å². The van der Waals surface area contributed by atoms with Crippen LogP contribution >= 0.6 is 0 Å². The third-order valence-corrected chi connectivity index (χ3v) is 5.27. The minimum Gasteiger partial charge on any atom is -0.444 e. The first-order valence-electron chi connectivity index (χ1n) is 9.34. The fourth-order valence-corrected chi connectivity index (χ4v) is 3.79. The van der Waals surface area contributed by atoms with Crippen LogP contribution in [0.5, 0.6) is 0 Å². The molecule has 2 atom stereocenters. The summed E-state index contributed by atoms with van der Waals surface area (Å²) < 4.78 is 10.8. The van der Waals surface area contributed by atoms with Crippen molar-refractivity contribution in [3.63, 3.8) is 0 Å². The molecule has 2 saturated heterocycles. The maximum absolute atomic E-state index is 13.2. The number of carbonyl (C=O) groups excluding carboxylic acids is 2. The van der Waals surface area contributed by atoms with Gasteiger partial charge in [-0.15, -0.1) is 0 Å². The number of rotatable bonds is 3. The first kappa shape index (κ1) is 18.9. The zero-order valence-electron chi connectivity index (χ0n) is 16.2. The van der Waals surface area contributed by atoms with Crippen molar-refractivity contribution in [3.8, 4) is 0 Å². The first-order chi connectivity index (χ1) is 12.2. The molecule has 0 aromatic heterocycles. The number of benzene rings is 1. The lowest BCUT2D eigenvalue weighted by atomic mass is 9.69. The van der Waals surface area contributed by atoms with Crippen LogP contribution in [0.15, 0.2) is 30.3 Å². The van der Waals surface area contributed by atoms with Crippen molar-refractivity contribution < 1.29 is 19.1 Å². The maximum Gasteiger partial charge on any atom is 0.410 e. The molecule has 26 heavy (non-hydrogen) atoms. The SMILES string of the molecule is CC(C)(C)OC(=O)N1CCC(C(=O)C2(C)COC2)[C@@H](c2ccccc2)C1. The van der Waals surface area contributed by atoms with E-state index >= 15 is 0 Å². The molecule has 0 aliphatic carbocycles. The molecule has 5 nitrogen and oxygen atoms in total. The van der Waals surface area contributed by atoms with Crippen LogP contribution in [0.2, 0.25) is 0 Å². The molecule has 1 aromatic carbocycles. The molecule has 0 bridgehead atoms. The Morgan fingerprint density at radius 3 is 2.38 bits per heavy atom. The van der Waals surface area contributed by atoms with Gasteiger partial charge in [-0.1, -0.05) is 30.3 Å². The highest BCUT2D eigenvalue weighted by molar-refractivity contribution is 5.89. The number of piperidine rings is 1. The number of hydrogen-bond donors (Lipinski definition) is 0. The lowest BCUT2D eigenvalue weighted by molar-refractivity contribution is -0.161. The minimum atomic E-state index is -0.525. The molecule has 2 aliphatic heterocycles. The van der Waals surface area contributed by atoms with E-state index < -0.39 is 5.60 Å². The minimum absolute atomic E-state index is 0.0117. The highest BCUT2D eigenvalue weighted by Gasteiger charge is 2.48. The van der Waals surface area contributed by atoms with E-state index in [1.54, 1.807) is 4.90 Å². The van der Waals surface area contributed by atoms with Gasteiger partial charge in [0.25, 0.3) is 0 Å². The number of carbonyl (C=O) groups is 2. The monoisotopic (exact) mass is 359 g/mol. The normalized spacial score (nSPS) is 25.3. The molecular weight excluding hydrogens is 330 g/mol. The second-order valence-electron chi connectivity index (χ2n) is 8.76. The Kier molecular flexibility index (Phi) is 5.11. The molecule has 1 amide bonds. The molecule has 142 valence electrons. The van der Waals surface area contributed by atoms with Crippen LogP contribution in [0.1, 0.15) is 45.6 Å². The fraction of sp³-hybridized carbons (Fsp3) is 0.619. The molecule has 0 saturated carbocycles. The predicted molar refractivity (Wildman–Crippen MR) is 99.0 cm³/mol. The van der Waals surface area contributed by atoms with Crippen molar-refractivity contribution in [2.75, 3.05) is 26.3 Å². The standard InChI is InChI=1S/C21H29NO4/c1-20(2,3)26-19(24)22-11-10-16(18(23)21(4)13-25-14-21)17(12-22)15-8-6-5-7-9-15/h5-9,16-17H,10-14H2,1-4H3/t16?,17-/m1/s1. The van der Waals surface area contributed by atoms with Crippen LogP contribution < -0.4 is 0 Å². The number of amides is 1. The van der Waals surface area contributed by atoms with Gasteiger partial charge in [0.1, 0.15) is 11.4 Å². The van der Waals surface area contributed by atoms with Crippen LogP contribution in [-0.2, 0) is 14.3 Å². The summed E-state index contributed by atoms with van der Waals surface area (Å²) in [6.45, 7) is 9.64. The predicted octanol–water partition coefficient (Wildman–Crippen LogP) is 3.63. The Morgan fingerprint density at radius 2 is 1.85 bits per heavy atom. The first-order valence-corrected chi connectivity index (χ1v) is 9.34. The third-order valence-electron chi connectivity index (χ3n) is 5.27. The summed E-state index contributed by atoms with van der Waals surface area (Å²) in [5.41, 5.74) is 0.192. The molecule has 2 fully saturated rings. The molecule has 0 N–H and O–H groups in total. The van der Waals surface area contributed by atoms with Crippen molar-refractivity contribution in [2.45, 2.75) is 45.6 Å². The number of ether oxygens (including phenoxy) is 2. The molecule has 0 radical (unpaired) electrons. The van der Waals surface area contributed by atoms with Crippen LogP contribution in [0.4, 0.5) is 4.79 Å². The Morgan fingerprint density at radius 1 is 1.19 bits per heavy atom. The van der Waals surface area contributed by atoms with E-state index in [0.29, 0.717) is 32.7 Å². The van der Waals surface area contributed by atoms with Gasteiger partial charge in [0.2, 0.25) is 0 Å². The van der Waals surface area contributed by atoms with Gasteiger partial charge >= 0.3 is 6.09 Å². The quantitative estimate of drug-likeness (QED) is 0.827. The zero-order valence-corrected chi connectivity index (χ0v) is 16.2. The summed E-state index contributed by atoms with van der Waals surface area (Å²) in [7, 11) is 0. The van der Waals surface area contributed by atoms with Gasteiger partial charge in [0.05, 0.1) is 18.6 Å². The van der Waals surface area contributed by atoms with E-state index in [4.69, 9.17) is 9.47 Å². The fourth-order valence-electron chi connectivity index (χ4n) is 3.79. The Labute approximate surface area is 155 Å². The van der Waals surface area contributed by atoms with Crippen LogP contribution in [0.25, 0.3) is 0 Å². The highest BCUT2D eigenvalue weighted by atomic mass is 16.6. The summed E-state index contributed by atoms with van der Waals surface area (Å²) in [5.74, 6) is 0.161. The smallest absolute Gasteiger partial charge is 0.410 e. The lowest BCUT2D eigenvalue weighted by Gasteiger charge is -2.44. The second kappa shape index (κ2) is 7.03. The van der Waals surface area contributed by atoms with Crippen molar-refractivity contribution in [1.29, 1.82) is 0 Å². The summed E-state index contributed by atoms with van der Waals surface area (Å²) in [6.07, 6.45) is 0.357. The van der Waals surface area contributed by atoms with E-state index in [0.717, 1.165) is 5.56 Å². The molecule has 1 unspecified atom stereocenters. The molecule has 1 aromatic rings. The summed E-state index contributed by atoms with van der Waals surface area (Å²) >= 11 is 0. The molecule has 2 heterocycles. The van der Waals surface area contributed by atoms with Crippen LogP contribution in [-0.4, -0.2) is 48.7 Å². The molecule has 2 aliphatic rings. The van der Waals surface area contributed by atoms with E-state index in [2.05, 4.69) is 0 Å². The molecule has 0 spiro atoms. The van der Waals surface area contributed by atoms with E-state index in [1.807, 2.05) is 58.0 Å². The number of likely N-dealkylation sites (tertiary alicyclic amines) is 1. The van der Waals surface area contributed by atoms with Gasteiger partial charge in [-0.3, -0.25) is 4.79 Å². The van der Waals surface area contributed by atoms with E-state index in [9.17, 15) is 9.59 Å². The topological polar surface area (TPSA) is 55.8 Å². The number of nitrogens with zero attached hydrogens (tertiary/aromatic N) is 1. The highest BCUT2D eigenvalue weighted by Crippen LogP contribution is 2.40. The number of hydrogen-bond acceptors (Lipinski definition) is 4. The third kappa shape index (κ3) is 3.93. The number of ketones is 1. The van der Waals surface area contributed by atoms with Crippen LogP contribution in [0, 0.1) is 11.3 Å². The average molecular weight is 359 g/mol. The Hall–Kier alpha value is -1.88. The van der Waals surface area contributed by atoms with Crippen molar-refractivity contribution >= 4 is 11.9 Å². The van der Waals surface area contributed by atoms with Gasteiger partial charge in [0, 0.05) is 24.9 Å². The molecular formula is C21H29NO4.